The van der Waals surface area contributed by atoms with Gasteiger partial charge < -0.3 is 0 Å². The molecule has 2 aliphatic carbocycles. The summed E-state index contributed by atoms with van der Waals surface area (Å²) in [4.78, 5) is 0. The van der Waals surface area contributed by atoms with Crippen LogP contribution >= 0.6 is 0 Å². The van der Waals surface area contributed by atoms with E-state index >= 15 is 0 Å². The minimum Gasteiger partial charge on any atom is -0.274 e. The summed E-state index contributed by atoms with van der Waals surface area (Å²) in [5.74, 6) is 3.74. The third kappa shape index (κ3) is 1.28. The number of rotatable bonds is 3. The number of nitrogens with zero attached hydrogens (tertiary/aromatic N) is 4. The molecule has 3 atom stereocenters. The summed E-state index contributed by atoms with van der Waals surface area (Å²) >= 11 is 0. The Labute approximate surface area is 105 Å². The molecule has 6 heteroatoms. The first-order chi connectivity index (χ1) is 8.75. The van der Waals surface area contributed by atoms with Crippen molar-refractivity contribution >= 4 is 0 Å². The van der Waals surface area contributed by atoms with Crippen LogP contribution < -0.4 is 0 Å². The summed E-state index contributed by atoms with van der Waals surface area (Å²) < 4.78 is 0. The molecule has 0 radical (unpaired) electrons. The maximum Gasteiger partial charge on any atom is 0.222 e. The molecule has 1 fully saturated rings. The molecule has 0 bridgehead atoms. The molecular formula is C12H16N6. The van der Waals surface area contributed by atoms with E-state index in [-0.39, 0.29) is 0 Å². The van der Waals surface area contributed by atoms with E-state index in [2.05, 4.69) is 44.7 Å². The van der Waals surface area contributed by atoms with Gasteiger partial charge in [0.05, 0.1) is 5.69 Å². The Morgan fingerprint density at radius 1 is 1.33 bits per heavy atom. The van der Waals surface area contributed by atoms with E-state index in [0.29, 0.717) is 11.7 Å². The summed E-state index contributed by atoms with van der Waals surface area (Å²) in [7, 11) is 0. The third-order valence-electron chi connectivity index (χ3n) is 4.30. The van der Waals surface area contributed by atoms with Crippen LogP contribution in [0.4, 0.5) is 0 Å². The van der Waals surface area contributed by atoms with Gasteiger partial charge in [-0.25, -0.2) is 0 Å². The molecule has 2 N–H and O–H groups in total. The topological polar surface area (TPSA) is 83.1 Å². The molecule has 6 nitrogen and oxygen atoms in total. The van der Waals surface area contributed by atoms with Crippen molar-refractivity contribution in [2.24, 2.45) is 17.8 Å². The quantitative estimate of drug-likeness (QED) is 0.857. The SMILES string of the molecule is CC(C)C[C@H]1[C@@H]2Cc3c(n[nH]c3-c3nn[nH]n3)[C@@H]21. The predicted octanol–water partition coefficient (Wildman–Crippen LogP) is 1.52. The van der Waals surface area contributed by atoms with Gasteiger partial charge in [0, 0.05) is 11.5 Å². The van der Waals surface area contributed by atoms with E-state index in [4.69, 9.17) is 0 Å². The number of nitrogens with one attached hydrogen (secondary N) is 2. The number of H-pyrrole nitrogens is 2. The van der Waals surface area contributed by atoms with Crippen LogP contribution in [0.5, 0.6) is 0 Å². The second-order valence-electron chi connectivity index (χ2n) is 5.88. The summed E-state index contributed by atoms with van der Waals surface area (Å²) in [6.07, 6.45) is 2.44. The maximum absolute atomic E-state index is 4.49. The van der Waals surface area contributed by atoms with Gasteiger partial charge in [0.1, 0.15) is 5.69 Å². The number of aromatic amines is 2. The number of aromatic nitrogens is 6. The van der Waals surface area contributed by atoms with Crippen molar-refractivity contribution in [3.05, 3.63) is 11.3 Å². The van der Waals surface area contributed by atoms with Gasteiger partial charge in [-0.2, -0.15) is 10.3 Å². The highest BCUT2D eigenvalue weighted by molar-refractivity contribution is 5.59. The Morgan fingerprint density at radius 2 is 2.22 bits per heavy atom. The van der Waals surface area contributed by atoms with Gasteiger partial charge in [-0.05, 0) is 35.8 Å². The summed E-state index contributed by atoms with van der Waals surface area (Å²) in [5.41, 5.74) is 3.52. The molecular weight excluding hydrogens is 228 g/mol. The van der Waals surface area contributed by atoms with Gasteiger partial charge in [0.15, 0.2) is 0 Å². The molecule has 2 aromatic heterocycles. The Bertz CT molecular complexity index is 569. The number of fused-ring (bicyclic) bond motifs is 3. The number of tetrazole rings is 1. The van der Waals surface area contributed by atoms with Crippen LogP contribution in [0, 0.1) is 17.8 Å². The molecule has 0 aliphatic heterocycles. The smallest absolute Gasteiger partial charge is 0.222 e. The van der Waals surface area contributed by atoms with Gasteiger partial charge in [-0.3, -0.25) is 5.10 Å². The molecule has 0 aromatic carbocycles. The van der Waals surface area contributed by atoms with Crippen molar-refractivity contribution in [2.45, 2.75) is 32.6 Å². The van der Waals surface area contributed by atoms with Crippen LogP contribution in [0.1, 0.15) is 37.4 Å². The van der Waals surface area contributed by atoms with Gasteiger partial charge in [0.2, 0.25) is 5.82 Å². The highest BCUT2D eigenvalue weighted by Crippen LogP contribution is 2.63. The Kier molecular flexibility index (Phi) is 1.93. The molecule has 2 aliphatic rings. The molecule has 0 unspecified atom stereocenters. The molecule has 0 spiro atoms. The molecule has 18 heavy (non-hydrogen) atoms. The zero-order valence-electron chi connectivity index (χ0n) is 10.5. The normalized spacial score (nSPS) is 28.5. The largest absolute Gasteiger partial charge is 0.274 e. The van der Waals surface area contributed by atoms with Crippen LogP contribution in [-0.2, 0) is 6.42 Å². The summed E-state index contributed by atoms with van der Waals surface area (Å²) in [5, 5.41) is 21.7. The Hall–Kier alpha value is -1.72. The van der Waals surface area contributed by atoms with E-state index in [1.165, 1.54) is 17.7 Å². The van der Waals surface area contributed by atoms with E-state index in [1.54, 1.807) is 0 Å². The van der Waals surface area contributed by atoms with Gasteiger partial charge in [-0.15, -0.1) is 10.2 Å². The third-order valence-corrected chi connectivity index (χ3v) is 4.30. The number of hydrogen-bond acceptors (Lipinski definition) is 4. The fraction of sp³-hybridized carbons (Fsp3) is 0.667. The molecule has 4 rings (SSSR count). The van der Waals surface area contributed by atoms with E-state index < -0.39 is 0 Å². The van der Waals surface area contributed by atoms with Crippen LogP contribution in [0.2, 0.25) is 0 Å². The highest BCUT2D eigenvalue weighted by Gasteiger charge is 2.57. The number of hydrogen-bond donors (Lipinski definition) is 2. The van der Waals surface area contributed by atoms with Gasteiger partial charge in [-0.1, -0.05) is 13.8 Å². The lowest BCUT2D eigenvalue weighted by Gasteiger charge is -2.06. The van der Waals surface area contributed by atoms with Gasteiger partial charge >= 0.3 is 0 Å². The zero-order valence-corrected chi connectivity index (χ0v) is 10.5. The molecule has 2 heterocycles. The highest BCUT2D eigenvalue weighted by atomic mass is 15.5. The molecule has 0 amide bonds. The summed E-state index contributed by atoms with van der Waals surface area (Å²) in [6.45, 7) is 4.59. The standard InChI is InChI=1S/C12H16N6/c1-5(2)3-6-7-4-8-10(9(6)7)13-14-11(8)12-15-17-18-16-12/h5-7,9H,3-4H2,1-2H3,(H,13,14)(H,15,16,17,18)/t6-,7-,9+/m0/s1. The lowest BCUT2D eigenvalue weighted by Crippen LogP contribution is -1.98. The first-order valence-corrected chi connectivity index (χ1v) is 6.56. The summed E-state index contributed by atoms with van der Waals surface area (Å²) in [6, 6.07) is 0. The second kappa shape index (κ2) is 3.40. The van der Waals surface area contributed by atoms with Crippen molar-refractivity contribution in [2.75, 3.05) is 0 Å². The first kappa shape index (κ1) is 10.2. The molecule has 1 saturated carbocycles. The van der Waals surface area contributed by atoms with Crippen LogP contribution in [0.25, 0.3) is 11.5 Å². The average molecular weight is 244 g/mol. The van der Waals surface area contributed by atoms with Crippen molar-refractivity contribution in [1.82, 2.24) is 30.8 Å². The Morgan fingerprint density at radius 3 is 2.94 bits per heavy atom. The minimum atomic E-state index is 0.630. The van der Waals surface area contributed by atoms with Crippen molar-refractivity contribution in [3.63, 3.8) is 0 Å². The minimum absolute atomic E-state index is 0.630. The maximum atomic E-state index is 4.49. The fourth-order valence-corrected chi connectivity index (χ4v) is 3.54. The van der Waals surface area contributed by atoms with Gasteiger partial charge in [0.25, 0.3) is 0 Å². The van der Waals surface area contributed by atoms with E-state index in [9.17, 15) is 0 Å². The van der Waals surface area contributed by atoms with Crippen LogP contribution in [0.3, 0.4) is 0 Å². The van der Waals surface area contributed by atoms with Crippen LogP contribution in [0.15, 0.2) is 0 Å². The fourth-order valence-electron chi connectivity index (χ4n) is 3.54. The lowest BCUT2D eigenvalue weighted by atomic mass is 9.99. The second-order valence-corrected chi connectivity index (χ2v) is 5.88. The molecule has 2 aromatic rings. The lowest BCUT2D eigenvalue weighted by molar-refractivity contribution is 0.503. The molecule has 94 valence electrons. The van der Waals surface area contributed by atoms with Crippen molar-refractivity contribution in [1.29, 1.82) is 0 Å². The van der Waals surface area contributed by atoms with Crippen molar-refractivity contribution in [3.8, 4) is 11.5 Å². The van der Waals surface area contributed by atoms with E-state index in [1.807, 2.05) is 0 Å². The zero-order chi connectivity index (χ0) is 12.3. The average Bonchev–Trinajstić information content (AvgIpc) is 2.83. The van der Waals surface area contributed by atoms with Crippen LogP contribution in [-0.4, -0.2) is 30.8 Å². The Balaban J connectivity index is 1.63. The first-order valence-electron chi connectivity index (χ1n) is 6.56. The van der Waals surface area contributed by atoms with Crippen molar-refractivity contribution < 1.29 is 0 Å². The van der Waals surface area contributed by atoms with E-state index in [0.717, 1.165) is 29.9 Å². The monoisotopic (exact) mass is 244 g/mol. The molecule has 0 saturated heterocycles. The predicted molar refractivity (Wildman–Crippen MR) is 64.6 cm³/mol.